The zero-order valence-electron chi connectivity index (χ0n) is 15.7. The first kappa shape index (κ1) is 27.1. The van der Waals surface area contributed by atoms with Gasteiger partial charge in [-0.2, -0.15) is 18.1 Å². The van der Waals surface area contributed by atoms with E-state index in [1.165, 1.54) is 27.8 Å². The summed E-state index contributed by atoms with van der Waals surface area (Å²) in [5, 5.41) is 0. The summed E-state index contributed by atoms with van der Waals surface area (Å²) in [6.07, 6.45) is 4.55. The van der Waals surface area contributed by atoms with Crippen molar-refractivity contribution in [3.05, 3.63) is 95.1 Å². The van der Waals surface area contributed by atoms with E-state index in [1.54, 1.807) is 12.1 Å². The second kappa shape index (κ2) is 13.1. The Kier molecular flexibility index (Phi) is 13.7. The summed E-state index contributed by atoms with van der Waals surface area (Å²) in [6.45, 7) is 8.82. The summed E-state index contributed by atoms with van der Waals surface area (Å²) in [4.78, 5) is 0. The Hall–Kier alpha value is -1.12. The van der Waals surface area contributed by atoms with Crippen molar-refractivity contribution in [2.75, 3.05) is 0 Å². The van der Waals surface area contributed by atoms with Gasteiger partial charge in [0.25, 0.3) is 0 Å². The smallest absolute Gasteiger partial charge is 1.00 e. The van der Waals surface area contributed by atoms with E-state index in [0.717, 1.165) is 0 Å². The van der Waals surface area contributed by atoms with Crippen molar-refractivity contribution in [2.45, 2.75) is 27.7 Å². The molecule has 0 spiro atoms. The molecule has 0 aromatic heterocycles. The SMILES string of the molecule is C[CH-]c1ccccc1C1=C(C)C(C)=CC1C.[Cl-].[Cl-].[NH-]c1ccccc1.[Ti+2]. The van der Waals surface area contributed by atoms with E-state index in [2.05, 4.69) is 64.5 Å². The zero-order chi connectivity index (χ0) is 16.8. The molecule has 0 saturated carbocycles. The molecule has 1 aliphatic rings. The first-order valence-corrected chi connectivity index (χ1v) is 8.09. The third kappa shape index (κ3) is 6.89. The summed E-state index contributed by atoms with van der Waals surface area (Å²) in [7, 11) is 0. The zero-order valence-corrected chi connectivity index (χ0v) is 18.8. The molecule has 0 bridgehead atoms. The summed E-state index contributed by atoms with van der Waals surface area (Å²) in [6, 6.07) is 17.8. The first-order chi connectivity index (χ1) is 11.0. The maximum Gasteiger partial charge on any atom is 2.00 e. The van der Waals surface area contributed by atoms with Gasteiger partial charge in [-0.05, 0) is 19.8 Å². The Bertz CT molecular complexity index is 724. The van der Waals surface area contributed by atoms with Gasteiger partial charge in [-0.25, -0.2) is 0 Å². The van der Waals surface area contributed by atoms with Crippen LogP contribution in [0.4, 0.5) is 5.69 Å². The number of hydrogen-bond acceptors (Lipinski definition) is 0. The van der Waals surface area contributed by atoms with Gasteiger partial charge < -0.3 is 30.5 Å². The minimum absolute atomic E-state index is 0. The predicted molar refractivity (Wildman–Crippen MR) is 101 cm³/mol. The largest absolute Gasteiger partial charge is 2.00 e. The van der Waals surface area contributed by atoms with E-state index >= 15 is 0 Å². The van der Waals surface area contributed by atoms with Gasteiger partial charge >= 0.3 is 21.7 Å². The van der Waals surface area contributed by atoms with Crippen LogP contribution in [0.1, 0.15) is 38.8 Å². The molecule has 4 heteroatoms. The Balaban J connectivity index is 0. The van der Waals surface area contributed by atoms with Crippen LogP contribution in [0, 0.1) is 12.3 Å². The van der Waals surface area contributed by atoms with Crippen LogP contribution in [0.3, 0.4) is 0 Å². The Morgan fingerprint density at radius 2 is 1.42 bits per heavy atom. The molecule has 1 N–H and O–H groups in total. The number of rotatable bonds is 2. The minimum Gasteiger partial charge on any atom is -1.00 e. The molecule has 3 rings (SSSR count). The molecule has 0 fully saturated rings. The normalized spacial score (nSPS) is 14.6. The van der Waals surface area contributed by atoms with Gasteiger partial charge in [0.1, 0.15) is 0 Å². The van der Waals surface area contributed by atoms with Crippen LogP contribution in [0.15, 0.2) is 71.8 Å². The van der Waals surface area contributed by atoms with Crippen molar-refractivity contribution >= 4 is 11.3 Å². The minimum atomic E-state index is 0. The van der Waals surface area contributed by atoms with Crippen LogP contribution in [0.5, 0.6) is 0 Å². The molecule has 0 radical (unpaired) electrons. The third-order valence-electron chi connectivity index (χ3n) is 4.29. The van der Waals surface area contributed by atoms with Gasteiger partial charge in [-0.1, -0.05) is 73.0 Å². The van der Waals surface area contributed by atoms with Gasteiger partial charge in [0, 0.05) is 0 Å². The molecule has 1 unspecified atom stereocenters. The summed E-state index contributed by atoms with van der Waals surface area (Å²) >= 11 is 0. The molecular weight excluding hydrogens is 397 g/mol. The fraction of sp³-hybridized carbons (Fsp3) is 0.227. The fourth-order valence-corrected chi connectivity index (χ4v) is 3.02. The molecule has 2 aromatic carbocycles. The van der Waals surface area contributed by atoms with Crippen molar-refractivity contribution in [3.8, 4) is 0 Å². The van der Waals surface area contributed by atoms with Gasteiger partial charge in [-0.3, -0.25) is 0 Å². The van der Waals surface area contributed by atoms with Crippen molar-refractivity contribution < 1.29 is 46.5 Å². The molecule has 138 valence electrons. The van der Waals surface area contributed by atoms with Crippen LogP contribution < -0.4 is 24.8 Å². The Morgan fingerprint density at radius 3 is 1.85 bits per heavy atom. The van der Waals surface area contributed by atoms with E-state index in [4.69, 9.17) is 5.73 Å². The van der Waals surface area contributed by atoms with Crippen molar-refractivity contribution in [1.29, 1.82) is 0 Å². The second-order valence-electron chi connectivity index (χ2n) is 5.92. The quantitative estimate of drug-likeness (QED) is 0.510. The Labute approximate surface area is 185 Å². The molecule has 0 saturated heterocycles. The maximum atomic E-state index is 7.00. The van der Waals surface area contributed by atoms with Crippen molar-refractivity contribution in [2.24, 2.45) is 5.92 Å². The Morgan fingerprint density at radius 1 is 0.885 bits per heavy atom. The van der Waals surface area contributed by atoms with E-state index in [-0.39, 0.29) is 46.5 Å². The average Bonchev–Trinajstić information content (AvgIpc) is 2.81. The molecule has 2 aromatic rings. The van der Waals surface area contributed by atoms with E-state index < -0.39 is 0 Å². The predicted octanol–water partition coefficient (Wildman–Crippen LogP) is 1.00. The van der Waals surface area contributed by atoms with Gasteiger partial charge in [0.2, 0.25) is 0 Å². The summed E-state index contributed by atoms with van der Waals surface area (Å²) in [5.74, 6) is 0.543. The molecule has 1 aliphatic carbocycles. The van der Waals surface area contributed by atoms with Gasteiger partial charge in [-0.15, -0.1) is 23.4 Å². The number of hydrogen-bond donors (Lipinski definition) is 0. The van der Waals surface area contributed by atoms with Crippen LogP contribution in [-0.4, -0.2) is 0 Å². The first-order valence-electron chi connectivity index (χ1n) is 8.09. The van der Waals surface area contributed by atoms with Crippen molar-refractivity contribution in [1.82, 2.24) is 0 Å². The van der Waals surface area contributed by atoms with Crippen LogP contribution in [0.2, 0.25) is 0 Å². The molecule has 1 nitrogen and oxygen atoms in total. The van der Waals surface area contributed by atoms with Crippen LogP contribution in [0.25, 0.3) is 11.3 Å². The molecule has 0 amide bonds. The number of nitrogens with one attached hydrogen (secondary N) is 1. The van der Waals surface area contributed by atoms with Gasteiger partial charge in [0.05, 0.1) is 0 Å². The van der Waals surface area contributed by atoms with E-state index in [9.17, 15) is 0 Å². The summed E-state index contributed by atoms with van der Waals surface area (Å²) in [5.41, 5.74) is 14.7. The van der Waals surface area contributed by atoms with Gasteiger partial charge in [0.15, 0.2) is 0 Å². The second-order valence-corrected chi connectivity index (χ2v) is 5.92. The fourth-order valence-electron chi connectivity index (χ4n) is 3.02. The van der Waals surface area contributed by atoms with Crippen LogP contribution >= 0.6 is 0 Å². The standard InChI is InChI=1S/C16H19.C6H6N.2ClH.Ti/c1-5-14-8-6-7-9-15(14)16-12(3)10-11(2)13(16)4;7-6-4-2-1-3-5-6;;;/h5-10,12H,1-4H3;1-5,7H;2*1H;/q2*-1;;;+2/p-2. The monoisotopic (exact) mass is 421 g/mol. The molecule has 1 atom stereocenters. The average molecular weight is 422 g/mol. The number of allylic oxidation sites excluding steroid dienone is 4. The number of benzene rings is 2. The molecule has 26 heavy (non-hydrogen) atoms. The third-order valence-corrected chi connectivity index (χ3v) is 4.29. The van der Waals surface area contributed by atoms with E-state index in [1.807, 2.05) is 18.2 Å². The molecule has 0 heterocycles. The summed E-state index contributed by atoms with van der Waals surface area (Å²) < 4.78 is 0. The number of halogens is 2. The molecule has 0 aliphatic heterocycles. The van der Waals surface area contributed by atoms with Crippen molar-refractivity contribution in [3.63, 3.8) is 0 Å². The molecular formula is C22H25Cl2NTi-2. The van der Waals surface area contributed by atoms with Crippen LogP contribution in [-0.2, 0) is 21.7 Å². The maximum absolute atomic E-state index is 7.00. The van der Waals surface area contributed by atoms with E-state index in [0.29, 0.717) is 11.6 Å². The topological polar surface area (TPSA) is 23.8 Å².